The molecule has 280 valence electrons. The second-order valence-electron chi connectivity index (χ2n) is 13.0. The predicted molar refractivity (Wildman–Crippen MR) is 192 cm³/mol. The fourth-order valence-electron chi connectivity index (χ4n) is 6.52. The molecule has 18 heteroatoms. The molecule has 0 spiro atoms. The molecule has 0 saturated carbocycles. The van der Waals surface area contributed by atoms with Gasteiger partial charge in [-0.1, -0.05) is 27.0 Å². The number of anilines is 1. The number of aromatic nitrogens is 1. The number of hydrogen-bond acceptors (Lipinski definition) is 11. The third kappa shape index (κ3) is 11.1. The first-order valence-electron chi connectivity index (χ1n) is 17.1. The van der Waals surface area contributed by atoms with E-state index >= 15 is 0 Å². The maximum absolute atomic E-state index is 14.5. The maximum atomic E-state index is 14.5. The molecular weight excluding hydrogens is 705 g/mol. The summed E-state index contributed by atoms with van der Waals surface area (Å²) in [6, 6.07) is 5.06. The van der Waals surface area contributed by atoms with Crippen molar-refractivity contribution in [1.82, 2.24) is 29.9 Å². The molecule has 3 amide bonds. The van der Waals surface area contributed by atoms with Gasteiger partial charge < -0.3 is 24.2 Å². The predicted octanol–water partition coefficient (Wildman–Crippen LogP) is 2.32. The van der Waals surface area contributed by atoms with Crippen LogP contribution in [-0.4, -0.2) is 141 Å². The fourth-order valence-corrected chi connectivity index (χ4v) is 7.29. The van der Waals surface area contributed by atoms with Gasteiger partial charge in [-0.2, -0.15) is 13.7 Å². The lowest BCUT2D eigenvalue weighted by atomic mass is 10.1. The Morgan fingerprint density at radius 3 is 2.45 bits per heavy atom. The summed E-state index contributed by atoms with van der Waals surface area (Å²) in [5.74, 6) is -1.47. The number of nitrogens with zero attached hydrogens (tertiary/aromatic N) is 7. The molecular formula is C33H47F2N8O6PS. The highest BCUT2D eigenvalue weighted by Crippen LogP contribution is 2.36. The van der Waals surface area contributed by atoms with Crippen LogP contribution in [0.3, 0.4) is 0 Å². The topological polar surface area (TPSA) is 159 Å². The molecule has 51 heavy (non-hydrogen) atoms. The molecule has 4 rings (SSSR count). The Hall–Kier alpha value is -3.71. The van der Waals surface area contributed by atoms with Crippen molar-refractivity contribution in [3.05, 3.63) is 30.0 Å². The molecule has 3 heterocycles. The number of alkyl halides is 1. The van der Waals surface area contributed by atoms with Crippen molar-refractivity contribution in [1.29, 1.82) is 5.26 Å². The number of likely N-dealkylation sites (tertiary alicyclic amines) is 1. The van der Waals surface area contributed by atoms with Gasteiger partial charge in [0.25, 0.3) is 5.91 Å². The lowest BCUT2D eigenvalue weighted by Crippen LogP contribution is -2.51. The zero-order valence-electron chi connectivity index (χ0n) is 29.3. The molecule has 1 aromatic heterocycles. The summed E-state index contributed by atoms with van der Waals surface area (Å²) in [5, 5.41) is 10.4. The van der Waals surface area contributed by atoms with Gasteiger partial charge in [0.15, 0.2) is 5.75 Å². The molecule has 0 bridgehead atoms. The highest BCUT2D eigenvalue weighted by Gasteiger charge is 2.43. The Balaban J connectivity index is 1.41. The lowest BCUT2D eigenvalue weighted by Gasteiger charge is -2.36. The standard InChI is InChI=1S/C33H47F2N8O6PS/c1-4-9-41(10-5-2)22-31(45)42-15-13-40(14-16-42)12-6-11-39(3)28-17-26-25(7-8-37-27(26)18-29(28)49-51(35,47)48)32(46)38-21-30(44)43-23-33(34,50)19-24(43)20-36/h7-8,17-18,24H,4-6,9-16,19,21-23,50H2,1-3H3,(H,38,46). The molecule has 0 radical (unpaired) electrons. The van der Waals surface area contributed by atoms with Gasteiger partial charge in [0.2, 0.25) is 11.8 Å². The number of fused-ring (bicyclic) bond motifs is 1. The third-order valence-corrected chi connectivity index (χ3v) is 9.81. The number of halogens is 2. The molecule has 0 aliphatic carbocycles. The number of carbonyl (C=O) groups excluding carboxylic acids is 3. The summed E-state index contributed by atoms with van der Waals surface area (Å²) < 4.78 is 56.0. The number of nitriles is 1. The van der Waals surface area contributed by atoms with Crippen LogP contribution in [0.4, 0.5) is 14.0 Å². The number of amides is 3. The number of piperazine rings is 1. The zero-order chi connectivity index (χ0) is 37.3. The summed E-state index contributed by atoms with van der Waals surface area (Å²) in [4.78, 5) is 52.3. The summed E-state index contributed by atoms with van der Waals surface area (Å²) in [6.07, 6.45) is 3.77. The van der Waals surface area contributed by atoms with E-state index in [1.807, 2.05) is 20.2 Å². The fraction of sp³-hybridized carbons (Fsp3) is 0.606. The van der Waals surface area contributed by atoms with Crippen LogP contribution < -0.4 is 14.4 Å². The van der Waals surface area contributed by atoms with Gasteiger partial charge in [0.1, 0.15) is 11.5 Å². The molecule has 3 atom stereocenters. The largest absolute Gasteiger partial charge is 0.488 e. The first-order chi connectivity index (χ1) is 24.1. The van der Waals surface area contributed by atoms with Crippen molar-refractivity contribution in [2.24, 2.45) is 0 Å². The molecule has 2 aliphatic rings. The third-order valence-electron chi connectivity index (χ3n) is 9.01. The van der Waals surface area contributed by atoms with Crippen LogP contribution in [0.25, 0.3) is 10.9 Å². The lowest BCUT2D eigenvalue weighted by molar-refractivity contribution is -0.134. The average molecular weight is 753 g/mol. The molecule has 2 saturated heterocycles. The number of hydrogen-bond donors (Lipinski definition) is 1. The van der Waals surface area contributed by atoms with Crippen LogP contribution in [0.5, 0.6) is 5.75 Å². The van der Waals surface area contributed by atoms with E-state index in [-0.39, 0.29) is 46.8 Å². The van der Waals surface area contributed by atoms with E-state index in [1.54, 1.807) is 11.9 Å². The first-order valence-corrected chi connectivity index (χ1v) is 19.0. The number of benzene rings is 1. The zero-order valence-corrected chi connectivity index (χ0v) is 31.3. The van der Waals surface area contributed by atoms with Crippen LogP contribution >= 0.6 is 9.24 Å². The van der Waals surface area contributed by atoms with Crippen LogP contribution in [0.1, 0.15) is 49.9 Å². The van der Waals surface area contributed by atoms with Crippen LogP contribution in [0.15, 0.2) is 24.4 Å². The first kappa shape index (κ1) is 40.1. The van der Waals surface area contributed by atoms with Crippen molar-refractivity contribution in [2.45, 2.75) is 51.0 Å². The van der Waals surface area contributed by atoms with Gasteiger partial charge in [-0.25, -0.2) is 4.39 Å². The monoisotopic (exact) mass is 752 g/mol. The van der Waals surface area contributed by atoms with Gasteiger partial charge in [0.05, 0.1) is 42.5 Å². The Morgan fingerprint density at radius 1 is 1.14 bits per heavy atom. The Bertz CT molecular complexity index is 1710. The van der Waals surface area contributed by atoms with Crippen molar-refractivity contribution in [2.75, 3.05) is 83.9 Å². The van der Waals surface area contributed by atoms with E-state index in [4.69, 9.17) is 0 Å². The Kier molecular flexibility index (Phi) is 13.9. The number of nitrogens with one attached hydrogen (secondary N) is 1. The SMILES string of the molecule is CCCN(CCC)CC(=O)N1CCN(CCCN(C)c2cc3c(C(=O)NCC(=O)N4CC(F)(P)CC4C#N)ccnc3cc2OS(=O)(=O)F)CC1. The molecule has 1 N–H and O–H groups in total. The molecule has 14 nitrogen and oxygen atoms in total. The van der Waals surface area contributed by atoms with E-state index in [0.29, 0.717) is 39.1 Å². The minimum Gasteiger partial charge on any atom is -0.371 e. The molecule has 3 unspecified atom stereocenters. The van der Waals surface area contributed by atoms with E-state index in [9.17, 15) is 36.3 Å². The van der Waals surface area contributed by atoms with E-state index in [2.05, 4.69) is 38.1 Å². The maximum Gasteiger partial charge on any atom is 0.488 e. The van der Waals surface area contributed by atoms with Crippen molar-refractivity contribution >= 4 is 54.1 Å². The summed E-state index contributed by atoms with van der Waals surface area (Å²) in [7, 11) is -1.71. The minimum absolute atomic E-state index is 0.0983. The van der Waals surface area contributed by atoms with Crippen LogP contribution in [-0.2, 0) is 20.1 Å². The number of carbonyl (C=O) groups is 3. The van der Waals surface area contributed by atoms with Gasteiger partial charge in [0, 0.05) is 63.8 Å². The second-order valence-corrected chi connectivity index (χ2v) is 15.0. The molecule has 2 aromatic rings. The van der Waals surface area contributed by atoms with E-state index in [1.165, 1.54) is 24.4 Å². The van der Waals surface area contributed by atoms with Crippen LogP contribution in [0.2, 0.25) is 0 Å². The smallest absolute Gasteiger partial charge is 0.371 e. The van der Waals surface area contributed by atoms with Crippen LogP contribution in [0, 0.1) is 11.3 Å². The normalized spacial score (nSPS) is 19.7. The van der Waals surface area contributed by atoms with Crippen molar-refractivity contribution in [3.8, 4) is 11.8 Å². The molecule has 2 fully saturated rings. The average Bonchev–Trinajstić information content (AvgIpc) is 3.40. The highest BCUT2D eigenvalue weighted by atomic mass is 32.3. The van der Waals surface area contributed by atoms with Gasteiger partial charge in [-0.15, -0.1) is 0 Å². The van der Waals surface area contributed by atoms with E-state index in [0.717, 1.165) is 43.9 Å². The number of rotatable bonds is 16. The Labute approximate surface area is 300 Å². The van der Waals surface area contributed by atoms with E-state index < -0.39 is 40.3 Å². The summed E-state index contributed by atoms with van der Waals surface area (Å²) in [5.41, 5.74) is 0.426. The second kappa shape index (κ2) is 17.7. The van der Waals surface area contributed by atoms with Gasteiger partial charge in [-0.05, 0) is 51.0 Å². The highest BCUT2D eigenvalue weighted by molar-refractivity contribution is 7.81. The number of pyridine rings is 1. The van der Waals surface area contributed by atoms with Gasteiger partial charge >= 0.3 is 10.5 Å². The van der Waals surface area contributed by atoms with Crippen molar-refractivity contribution in [3.63, 3.8) is 0 Å². The van der Waals surface area contributed by atoms with Gasteiger partial charge in [-0.3, -0.25) is 29.2 Å². The Morgan fingerprint density at radius 2 is 1.82 bits per heavy atom. The quantitative estimate of drug-likeness (QED) is 0.198. The minimum atomic E-state index is -5.40. The molecule has 1 aromatic carbocycles. The summed E-state index contributed by atoms with van der Waals surface area (Å²) in [6.45, 7) is 9.44. The summed E-state index contributed by atoms with van der Waals surface area (Å²) >= 11 is 0. The van der Waals surface area contributed by atoms with Crippen molar-refractivity contribution < 1.29 is 35.3 Å². The molecule has 2 aliphatic heterocycles.